The van der Waals surface area contributed by atoms with Crippen molar-refractivity contribution in [3.05, 3.63) is 29.8 Å². The summed E-state index contributed by atoms with van der Waals surface area (Å²) in [5.74, 6) is 0.766. The second kappa shape index (κ2) is 6.11. The van der Waals surface area contributed by atoms with Crippen LogP contribution < -0.4 is 9.46 Å². The average molecular weight is 298 g/mol. The van der Waals surface area contributed by atoms with Crippen LogP contribution in [-0.4, -0.2) is 46.3 Å². The van der Waals surface area contributed by atoms with Crippen LogP contribution in [0.1, 0.15) is 24.4 Å². The van der Waals surface area contributed by atoms with E-state index in [1.54, 1.807) is 7.11 Å². The van der Waals surface area contributed by atoms with Crippen molar-refractivity contribution in [3.8, 4) is 5.75 Å². The van der Waals surface area contributed by atoms with Gasteiger partial charge in [0, 0.05) is 6.54 Å². The highest BCUT2D eigenvalue weighted by atomic mass is 32.2. The molecule has 0 bridgehead atoms. The summed E-state index contributed by atoms with van der Waals surface area (Å²) in [5.41, 5.74) is 0.948. The molecule has 1 aromatic carbocycles. The molecule has 6 heteroatoms. The highest BCUT2D eigenvalue weighted by Gasteiger charge is 2.37. The van der Waals surface area contributed by atoms with Crippen molar-refractivity contribution in [1.82, 2.24) is 9.62 Å². The minimum absolute atomic E-state index is 0.203. The number of hydrogen-bond donors (Lipinski definition) is 1. The number of nitrogens with zero attached hydrogens (tertiary/aromatic N) is 1. The van der Waals surface area contributed by atoms with E-state index in [0.717, 1.165) is 24.2 Å². The van der Waals surface area contributed by atoms with Crippen LogP contribution in [0.15, 0.2) is 24.3 Å². The average Bonchev–Trinajstić information content (AvgIpc) is 3.22. The Labute approximate surface area is 121 Å². The van der Waals surface area contributed by atoms with Crippen molar-refractivity contribution >= 4 is 10.0 Å². The van der Waals surface area contributed by atoms with E-state index in [1.165, 1.54) is 0 Å². The van der Waals surface area contributed by atoms with Crippen molar-refractivity contribution in [2.45, 2.75) is 24.1 Å². The number of methoxy groups -OCH3 is 1. The Hall–Kier alpha value is -1.11. The molecule has 1 aliphatic rings. The minimum Gasteiger partial charge on any atom is -0.497 e. The third-order valence-corrected chi connectivity index (χ3v) is 5.30. The fourth-order valence-corrected chi connectivity index (χ4v) is 3.64. The van der Waals surface area contributed by atoms with Gasteiger partial charge in [0.1, 0.15) is 5.75 Å². The first kappa shape index (κ1) is 15.3. The zero-order valence-electron chi connectivity index (χ0n) is 12.2. The monoisotopic (exact) mass is 298 g/mol. The molecule has 0 heterocycles. The molecule has 0 unspecified atom stereocenters. The summed E-state index contributed by atoms with van der Waals surface area (Å²) >= 11 is 0. The number of nitrogens with one attached hydrogen (secondary N) is 1. The van der Waals surface area contributed by atoms with E-state index in [1.807, 2.05) is 43.3 Å². The van der Waals surface area contributed by atoms with Gasteiger partial charge in [0.05, 0.1) is 18.4 Å². The van der Waals surface area contributed by atoms with Crippen molar-refractivity contribution in [2.24, 2.45) is 0 Å². The predicted molar refractivity (Wildman–Crippen MR) is 79.4 cm³/mol. The number of sulfonamides is 1. The smallest absolute Gasteiger partial charge is 0.215 e. The van der Waals surface area contributed by atoms with Crippen LogP contribution >= 0.6 is 0 Å². The van der Waals surface area contributed by atoms with Gasteiger partial charge in [-0.1, -0.05) is 12.1 Å². The summed E-state index contributed by atoms with van der Waals surface area (Å²) in [6, 6.07) is 7.28. The lowest BCUT2D eigenvalue weighted by Crippen LogP contribution is -2.37. The molecule has 0 saturated heterocycles. The highest BCUT2D eigenvalue weighted by molar-refractivity contribution is 7.90. The molecule has 20 heavy (non-hydrogen) atoms. The van der Waals surface area contributed by atoms with Gasteiger partial charge < -0.3 is 9.64 Å². The number of benzene rings is 1. The van der Waals surface area contributed by atoms with Gasteiger partial charge in [-0.25, -0.2) is 13.1 Å². The van der Waals surface area contributed by atoms with Crippen molar-refractivity contribution in [2.75, 3.05) is 27.7 Å². The van der Waals surface area contributed by atoms with E-state index in [9.17, 15) is 8.42 Å². The Bertz CT molecular complexity index is 536. The largest absolute Gasteiger partial charge is 0.497 e. The minimum atomic E-state index is -3.20. The molecule has 1 fully saturated rings. The quantitative estimate of drug-likeness (QED) is 0.826. The number of likely N-dealkylation sites (N-methyl/N-ethyl adjacent to an activating group) is 1. The SMILES string of the molecule is COc1ccc([C@H](CN(C)C)NS(=O)(=O)C2CC2)cc1. The maximum Gasteiger partial charge on any atom is 0.215 e. The van der Waals surface area contributed by atoms with Crippen LogP contribution in [0.5, 0.6) is 5.75 Å². The fraction of sp³-hybridized carbons (Fsp3) is 0.571. The van der Waals surface area contributed by atoms with Crippen LogP contribution in [0.2, 0.25) is 0 Å². The Balaban J connectivity index is 2.17. The van der Waals surface area contributed by atoms with Crippen LogP contribution in [0.3, 0.4) is 0 Å². The van der Waals surface area contributed by atoms with Crippen LogP contribution in [0, 0.1) is 0 Å². The molecule has 1 aliphatic carbocycles. The zero-order chi connectivity index (χ0) is 14.8. The molecule has 0 aliphatic heterocycles. The summed E-state index contributed by atoms with van der Waals surface area (Å²) < 4.78 is 32.2. The fourth-order valence-electron chi connectivity index (χ4n) is 2.08. The Kier molecular flexibility index (Phi) is 4.67. The summed E-state index contributed by atoms with van der Waals surface area (Å²) in [6.07, 6.45) is 1.54. The molecule has 0 spiro atoms. The molecular weight excluding hydrogens is 276 g/mol. The van der Waals surface area contributed by atoms with Crippen molar-refractivity contribution in [1.29, 1.82) is 0 Å². The maximum absolute atomic E-state index is 12.1. The van der Waals surface area contributed by atoms with Gasteiger partial charge in [0.25, 0.3) is 0 Å². The molecule has 0 amide bonds. The van der Waals surface area contributed by atoms with E-state index in [4.69, 9.17) is 4.74 Å². The summed E-state index contributed by atoms with van der Waals surface area (Å²) in [7, 11) is 2.27. The van der Waals surface area contributed by atoms with Crippen LogP contribution in [0.4, 0.5) is 0 Å². The second-order valence-electron chi connectivity index (χ2n) is 5.45. The van der Waals surface area contributed by atoms with Gasteiger partial charge in [-0.15, -0.1) is 0 Å². The highest BCUT2D eigenvalue weighted by Crippen LogP contribution is 2.29. The lowest BCUT2D eigenvalue weighted by molar-refractivity contribution is 0.362. The van der Waals surface area contributed by atoms with E-state index in [0.29, 0.717) is 6.54 Å². The molecule has 0 aromatic heterocycles. The molecular formula is C14H22N2O3S. The predicted octanol–water partition coefficient (Wildman–Crippen LogP) is 1.38. The van der Waals surface area contributed by atoms with Gasteiger partial charge in [-0.05, 0) is 44.6 Å². The molecule has 2 rings (SSSR count). The van der Waals surface area contributed by atoms with E-state index in [2.05, 4.69) is 4.72 Å². The van der Waals surface area contributed by atoms with Gasteiger partial charge in [0.2, 0.25) is 10.0 Å². The maximum atomic E-state index is 12.1. The number of hydrogen-bond acceptors (Lipinski definition) is 4. The molecule has 1 N–H and O–H groups in total. The zero-order valence-corrected chi connectivity index (χ0v) is 13.0. The first-order valence-corrected chi connectivity index (χ1v) is 8.27. The van der Waals surface area contributed by atoms with E-state index < -0.39 is 10.0 Å². The van der Waals surface area contributed by atoms with E-state index >= 15 is 0 Å². The van der Waals surface area contributed by atoms with Gasteiger partial charge in [0.15, 0.2) is 0 Å². The van der Waals surface area contributed by atoms with Crippen LogP contribution in [0.25, 0.3) is 0 Å². The normalized spacial score (nSPS) is 17.2. The van der Waals surface area contributed by atoms with Gasteiger partial charge in [-0.2, -0.15) is 0 Å². The third kappa shape index (κ3) is 3.94. The second-order valence-corrected chi connectivity index (χ2v) is 7.44. The van der Waals surface area contributed by atoms with Crippen LogP contribution in [-0.2, 0) is 10.0 Å². The molecule has 112 valence electrons. The third-order valence-electron chi connectivity index (χ3n) is 3.34. The number of rotatable bonds is 7. The number of ether oxygens (including phenoxy) is 1. The van der Waals surface area contributed by atoms with Gasteiger partial charge in [-0.3, -0.25) is 0 Å². The topological polar surface area (TPSA) is 58.6 Å². The molecule has 5 nitrogen and oxygen atoms in total. The summed E-state index contributed by atoms with van der Waals surface area (Å²) in [4.78, 5) is 1.98. The standard InChI is InChI=1S/C14H22N2O3S/c1-16(2)10-14(15-20(17,18)13-8-9-13)11-4-6-12(19-3)7-5-11/h4-7,13-15H,8-10H2,1-3H3/t14-/m0/s1. The first-order chi connectivity index (χ1) is 9.42. The molecule has 1 atom stereocenters. The molecule has 1 saturated carbocycles. The summed E-state index contributed by atoms with van der Waals surface area (Å²) in [6.45, 7) is 0.623. The molecule has 0 radical (unpaired) electrons. The van der Waals surface area contributed by atoms with Crippen molar-refractivity contribution < 1.29 is 13.2 Å². The lowest BCUT2D eigenvalue weighted by atomic mass is 10.1. The van der Waals surface area contributed by atoms with E-state index in [-0.39, 0.29) is 11.3 Å². The lowest BCUT2D eigenvalue weighted by Gasteiger charge is -2.23. The molecule has 1 aromatic rings. The van der Waals surface area contributed by atoms with Crippen molar-refractivity contribution in [3.63, 3.8) is 0 Å². The first-order valence-electron chi connectivity index (χ1n) is 6.72. The Morgan fingerprint density at radius 2 is 1.90 bits per heavy atom. The van der Waals surface area contributed by atoms with Gasteiger partial charge >= 0.3 is 0 Å². The Morgan fingerprint density at radius 3 is 2.35 bits per heavy atom. The Morgan fingerprint density at radius 1 is 1.30 bits per heavy atom. The summed E-state index contributed by atoms with van der Waals surface area (Å²) in [5, 5.41) is -0.203.